The van der Waals surface area contributed by atoms with E-state index in [2.05, 4.69) is 0 Å². The van der Waals surface area contributed by atoms with E-state index in [1.807, 2.05) is 142 Å². The number of methoxy groups -OCH3 is 1. The molecule has 0 amide bonds. The third-order valence-electron chi connectivity index (χ3n) is 9.93. The first kappa shape index (κ1) is 38.7. The van der Waals surface area contributed by atoms with Gasteiger partial charge in [0.1, 0.15) is 42.7 Å². The van der Waals surface area contributed by atoms with E-state index in [9.17, 15) is 0 Å². The van der Waals surface area contributed by atoms with Gasteiger partial charge < -0.3 is 47.4 Å². The summed E-state index contributed by atoms with van der Waals surface area (Å²) in [5, 5.41) is 0. The molecule has 0 radical (unpaired) electrons. The van der Waals surface area contributed by atoms with Crippen molar-refractivity contribution in [1.29, 1.82) is 0 Å². The Morgan fingerprint density at radius 1 is 0.519 bits per heavy atom. The minimum atomic E-state index is -0.931. The maximum absolute atomic E-state index is 7.01. The molecule has 3 saturated heterocycles. The largest absolute Gasteiger partial charge is 0.374 e. The highest BCUT2D eigenvalue weighted by molar-refractivity contribution is 5.16. The highest BCUT2D eigenvalue weighted by Crippen LogP contribution is 2.41. The molecule has 4 aromatic rings. The summed E-state index contributed by atoms with van der Waals surface area (Å²) in [6.45, 7) is 7.27. The minimum absolute atomic E-state index is 0.214. The molecule has 54 heavy (non-hydrogen) atoms. The van der Waals surface area contributed by atoms with Crippen LogP contribution in [0.2, 0.25) is 0 Å². The molecule has 3 fully saturated rings. The Balaban J connectivity index is 1.22. The van der Waals surface area contributed by atoms with Gasteiger partial charge in [-0.25, -0.2) is 0 Å². The average Bonchev–Trinajstić information content (AvgIpc) is 3.53. The molecule has 0 unspecified atom stereocenters. The summed E-state index contributed by atoms with van der Waals surface area (Å²) in [6.07, 6.45) is -6.18. The summed E-state index contributed by atoms with van der Waals surface area (Å²) >= 11 is 0. The molecule has 0 bridgehead atoms. The Morgan fingerprint density at radius 2 is 0.981 bits per heavy atom. The lowest BCUT2D eigenvalue weighted by molar-refractivity contribution is -0.359. The predicted octanol–water partition coefficient (Wildman–Crippen LogP) is 6.98. The summed E-state index contributed by atoms with van der Waals surface area (Å²) in [5.74, 6) is -0.872. The van der Waals surface area contributed by atoms with E-state index in [1.54, 1.807) is 7.11 Å². The van der Waals surface area contributed by atoms with Crippen LogP contribution >= 0.6 is 0 Å². The maximum Gasteiger partial charge on any atom is 0.187 e. The first-order valence-corrected chi connectivity index (χ1v) is 18.8. The Bertz CT molecular complexity index is 1680. The van der Waals surface area contributed by atoms with Gasteiger partial charge in [-0.05, 0) is 43.0 Å². The second-order valence-corrected chi connectivity index (χ2v) is 14.4. The quantitative estimate of drug-likeness (QED) is 0.120. The average molecular weight is 741 g/mol. The van der Waals surface area contributed by atoms with E-state index < -0.39 is 67.2 Å². The van der Waals surface area contributed by atoms with Gasteiger partial charge in [0, 0.05) is 7.11 Å². The number of ether oxygens (including phenoxy) is 10. The zero-order valence-corrected chi connectivity index (χ0v) is 31.4. The van der Waals surface area contributed by atoms with Gasteiger partial charge in [-0.15, -0.1) is 0 Å². The van der Waals surface area contributed by atoms with Gasteiger partial charge in [0.2, 0.25) is 0 Å². The van der Waals surface area contributed by atoms with Gasteiger partial charge in [0.15, 0.2) is 18.4 Å². The summed E-state index contributed by atoms with van der Waals surface area (Å²) in [7, 11) is 1.60. The molecule has 7 rings (SSSR count). The van der Waals surface area contributed by atoms with Crippen LogP contribution in [0.5, 0.6) is 0 Å². The molecule has 3 aliphatic rings. The molecule has 10 nitrogen and oxygen atoms in total. The second kappa shape index (κ2) is 18.4. The zero-order valence-electron chi connectivity index (χ0n) is 31.4. The predicted molar refractivity (Wildman–Crippen MR) is 200 cm³/mol. The molecule has 288 valence electrons. The van der Waals surface area contributed by atoms with E-state index in [1.165, 1.54) is 0 Å². The number of fused-ring (bicyclic) bond motifs is 1. The third kappa shape index (κ3) is 9.82. The molecule has 4 aromatic carbocycles. The molecular formula is C44H52O10. The van der Waals surface area contributed by atoms with Crippen LogP contribution in [0.25, 0.3) is 0 Å². The van der Waals surface area contributed by atoms with E-state index in [-0.39, 0.29) is 6.61 Å². The van der Waals surface area contributed by atoms with Crippen LogP contribution in [0.4, 0.5) is 0 Å². The van der Waals surface area contributed by atoms with Crippen LogP contribution < -0.4 is 0 Å². The first-order chi connectivity index (χ1) is 26.4. The van der Waals surface area contributed by atoms with Gasteiger partial charge in [0.25, 0.3) is 0 Å². The molecule has 10 atom stereocenters. The van der Waals surface area contributed by atoms with Crippen molar-refractivity contribution in [3.05, 3.63) is 144 Å². The normalized spacial score (nSPS) is 30.5. The Labute approximate surface area is 318 Å². The maximum atomic E-state index is 7.01. The van der Waals surface area contributed by atoms with E-state index in [4.69, 9.17) is 47.4 Å². The highest BCUT2D eigenvalue weighted by Gasteiger charge is 2.57. The summed E-state index contributed by atoms with van der Waals surface area (Å²) < 4.78 is 65.6. The van der Waals surface area contributed by atoms with Crippen molar-refractivity contribution in [3.8, 4) is 0 Å². The zero-order chi connectivity index (χ0) is 37.3. The second-order valence-electron chi connectivity index (χ2n) is 14.4. The van der Waals surface area contributed by atoms with Crippen molar-refractivity contribution < 1.29 is 47.4 Å². The number of benzene rings is 4. The molecule has 0 saturated carbocycles. The van der Waals surface area contributed by atoms with Gasteiger partial charge in [-0.1, -0.05) is 121 Å². The smallest absolute Gasteiger partial charge is 0.187 e. The molecule has 3 aliphatic heterocycles. The lowest BCUT2D eigenvalue weighted by atomic mass is 9.96. The Hall–Kier alpha value is -3.52. The highest BCUT2D eigenvalue weighted by atomic mass is 16.8. The third-order valence-corrected chi connectivity index (χ3v) is 9.93. The SMILES string of the molecule is CO[C@@H]1O[C@@H](C)[C@H](O[C@H]2O[C@H](COCc3ccccc3)[C@H](OCc3ccccc3)[C@H](OCc3ccccc3)[C@H]2OCc2ccccc2)[C@H]2OC(C)(C)O[C@@H]12. The molecule has 0 N–H and O–H groups in total. The fourth-order valence-corrected chi connectivity index (χ4v) is 7.30. The van der Waals surface area contributed by atoms with Crippen molar-refractivity contribution in [2.75, 3.05) is 13.7 Å². The molecular weight excluding hydrogens is 688 g/mol. The molecule has 10 heteroatoms. The topological polar surface area (TPSA) is 92.3 Å². The van der Waals surface area contributed by atoms with Crippen LogP contribution in [-0.2, 0) is 73.8 Å². The first-order valence-electron chi connectivity index (χ1n) is 18.8. The van der Waals surface area contributed by atoms with Crippen molar-refractivity contribution in [3.63, 3.8) is 0 Å². The van der Waals surface area contributed by atoms with E-state index in [0.29, 0.717) is 26.4 Å². The fourth-order valence-electron chi connectivity index (χ4n) is 7.30. The molecule has 0 aromatic heterocycles. The van der Waals surface area contributed by atoms with Crippen molar-refractivity contribution in [2.45, 2.75) is 114 Å². The number of hydrogen-bond acceptors (Lipinski definition) is 10. The van der Waals surface area contributed by atoms with Crippen molar-refractivity contribution in [2.24, 2.45) is 0 Å². The van der Waals surface area contributed by atoms with E-state index in [0.717, 1.165) is 22.3 Å². The van der Waals surface area contributed by atoms with Crippen LogP contribution in [0.1, 0.15) is 43.0 Å². The molecule has 0 aliphatic carbocycles. The van der Waals surface area contributed by atoms with Crippen molar-refractivity contribution in [1.82, 2.24) is 0 Å². The number of rotatable bonds is 16. The summed E-state index contributed by atoms with van der Waals surface area (Å²) in [6, 6.07) is 40.2. The van der Waals surface area contributed by atoms with Crippen LogP contribution in [0.15, 0.2) is 121 Å². The van der Waals surface area contributed by atoms with Gasteiger partial charge in [0.05, 0.1) is 39.1 Å². The monoisotopic (exact) mass is 740 g/mol. The van der Waals surface area contributed by atoms with Gasteiger partial charge >= 0.3 is 0 Å². The van der Waals surface area contributed by atoms with Crippen LogP contribution in [0.3, 0.4) is 0 Å². The number of hydrogen-bond donors (Lipinski definition) is 0. The standard InChI is InChI=1S/C44H52O10/c1-30-36(39-41(42(45-4)50-30)54-44(2,3)53-39)52-43-40(49-28-34-23-15-8-16-24-34)38(48-27-33-21-13-7-14-22-33)37(47-26-32-19-11-6-12-20-32)35(51-43)29-46-25-31-17-9-5-10-18-31/h5-24,30,35-43H,25-29H2,1-4H3/t30-,35+,36-,37-,38-,39+,40+,41+,42+,43+/m0/s1. The fraction of sp³-hybridized carbons (Fsp3) is 0.455. The van der Waals surface area contributed by atoms with Crippen LogP contribution in [-0.4, -0.2) is 80.9 Å². The molecule has 0 spiro atoms. The lowest BCUT2D eigenvalue weighted by Crippen LogP contribution is -2.64. The summed E-state index contributed by atoms with van der Waals surface area (Å²) in [5.41, 5.74) is 4.09. The van der Waals surface area contributed by atoms with Crippen LogP contribution in [0, 0.1) is 0 Å². The lowest BCUT2D eigenvalue weighted by Gasteiger charge is -2.48. The van der Waals surface area contributed by atoms with Gasteiger partial charge in [-0.3, -0.25) is 0 Å². The molecule has 3 heterocycles. The minimum Gasteiger partial charge on any atom is -0.374 e. The van der Waals surface area contributed by atoms with Gasteiger partial charge in [-0.2, -0.15) is 0 Å². The van der Waals surface area contributed by atoms with E-state index >= 15 is 0 Å². The Kier molecular flexibility index (Phi) is 13.2. The van der Waals surface area contributed by atoms with Crippen molar-refractivity contribution >= 4 is 0 Å². The Morgan fingerprint density at radius 3 is 1.50 bits per heavy atom. The summed E-state index contributed by atoms with van der Waals surface area (Å²) in [4.78, 5) is 0.